The van der Waals surface area contributed by atoms with Crippen molar-refractivity contribution in [3.8, 4) is 5.69 Å². The van der Waals surface area contributed by atoms with Crippen LogP contribution in [0.4, 0.5) is 0 Å². The predicted molar refractivity (Wildman–Crippen MR) is 96.7 cm³/mol. The lowest BCUT2D eigenvalue weighted by Crippen LogP contribution is -2.33. The van der Waals surface area contributed by atoms with E-state index in [9.17, 15) is 5.11 Å². The van der Waals surface area contributed by atoms with Crippen LogP contribution in [0.1, 0.15) is 28.6 Å². The zero-order valence-corrected chi connectivity index (χ0v) is 14.8. The molecule has 136 valence electrons. The molecule has 2 aromatic heterocycles. The van der Waals surface area contributed by atoms with E-state index in [1.807, 2.05) is 27.7 Å². The van der Waals surface area contributed by atoms with Gasteiger partial charge < -0.3 is 10.2 Å². The normalized spacial score (nSPS) is 15.8. The van der Waals surface area contributed by atoms with Gasteiger partial charge in [0.25, 0.3) is 0 Å². The highest BCUT2D eigenvalue weighted by Gasteiger charge is 2.21. The average molecular weight is 353 g/mol. The molecule has 2 N–H and O–H groups in total. The molecule has 0 radical (unpaired) electrons. The molecule has 1 aliphatic heterocycles. The molecule has 3 heterocycles. The molecule has 1 atom stereocenters. The van der Waals surface area contributed by atoms with Gasteiger partial charge in [0.15, 0.2) is 0 Å². The van der Waals surface area contributed by atoms with Crippen molar-refractivity contribution < 1.29 is 10.2 Å². The molecule has 0 bridgehead atoms. The lowest BCUT2D eigenvalue weighted by molar-refractivity contribution is 0.0915. The van der Waals surface area contributed by atoms with E-state index in [0.29, 0.717) is 5.69 Å². The number of aliphatic hydroxyl groups excluding tert-OH is 2. The summed E-state index contributed by atoms with van der Waals surface area (Å²) >= 11 is 0. The van der Waals surface area contributed by atoms with E-state index in [1.165, 1.54) is 11.1 Å². The molecule has 7 heteroatoms. The van der Waals surface area contributed by atoms with Crippen LogP contribution in [0.25, 0.3) is 5.69 Å². The fourth-order valence-electron chi connectivity index (χ4n) is 3.40. The maximum Gasteiger partial charge on any atom is 0.121 e. The number of fused-ring (bicyclic) bond motifs is 1. The third kappa shape index (κ3) is 3.29. The van der Waals surface area contributed by atoms with E-state index in [2.05, 4.69) is 40.2 Å². The van der Waals surface area contributed by atoms with Crippen LogP contribution in [0.3, 0.4) is 0 Å². The van der Waals surface area contributed by atoms with Gasteiger partial charge >= 0.3 is 0 Å². The van der Waals surface area contributed by atoms with Gasteiger partial charge in [0, 0.05) is 32.0 Å². The number of rotatable bonds is 5. The summed E-state index contributed by atoms with van der Waals surface area (Å²) in [6.45, 7) is 5.18. The first-order valence-electron chi connectivity index (χ1n) is 8.81. The Hall–Kier alpha value is -2.48. The largest absolute Gasteiger partial charge is 0.393 e. The van der Waals surface area contributed by atoms with Gasteiger partial charge in [0.05, 0.1) is 30.2 Å². The number of aryl methyl sites for hydroxylation is 1. The highest BCUT2D eigenvalue weighted by atomic mass is 16.3. The van der Waals surface area contributed by atoms with E-state index < -0.39 is 6.10 Å². The Bertz CT molecular complexity index is 887. The zero-order valence-electron chi connectivity index (χ0n) is 14.8. The van der Waals surface area contributed by atoms with Crippen LogP contribution in [0.2, 0.25) is 0 Å². The summed E-state index contributed by atoms with van der Waals surface area (Å²) in [5.74, 6) is 0. The first kappa shape index (κ1) is 17.0. The predicted octanol–water partition coefficient (Wildman–Crippen LogP) is 1.42. The molecule has 0 fully saturated rings. The van der Waals surface area contributed by atoms with Crippen LogP contribution < -0.4 is 0 Å². The van der Waals surface area contributed by atoms with Gasteiger partial charge in [-0.05, 0) is 42.3 Å². The van der Waals surface area contributed by atoms with E-state index in [4.69, 9.17) is 5.11 Å². The number of benzene rings is 1. The Kier molecular flexibility index (Phi) is 4.58. The van der Waals surface area contributed by atoms with Crippen molar-refractivity contribution in [1.82, 2.24) is 24.5 Å². The van der Waals surface area contributed by atoms with Crippen molar-refractivity contribution in [1.29, 1.82) is 0 Å². The fourth-order valence-corrected chi connectivity index (χ4v) is 3.40. The van der Waals surface area contributed by atoms with Gasteiger partial charge in [-0.15, -0.1) is 0 Å². The van der Waals surface area contributed by atoms with Crippen molar-refractivity contribution in [3.05, 3.63) is 65.2 Å². The summed E-state index contributed by atoms with van der Waals surface area (Å²) in [7, 11) is 0. The Morgan fingerprint density at radius 2 is 2.12 bits per heavy atom. The second kappa shape index (κ2) is 7.03. The minimum absolute atomic E-state index is 0.304. The third-order valence-electron chi connectivity index (χ3n) is 4.90. The van der Waals surface area contributed by atoms with Gasteiger partial charge in [-0.1, -0.05) is 6.07 Å². The lowest BCUT2D eigenvalue weighted by Gasteiger charge is -2.28. The number of hydrogen-bond acceptors (Lipinski definition) is 5. The average Bonchev–Trinajstić information content (AvgIpc) is 3.32. The number of aromatic nitrogens is 4. The Morgan fingerprint density at radius 3 is 2.85 bits per heavy atom. The first-order valence-corrected chi connectivity index (χ1v) is 8.81. The highest BCUT2D eigenvalue weighted by molar-refractivity contribution is 5.39. The van der Waals surface area contributed by atoms with E-state index >= 15 is 0 Å². The van der Waals surface area contributed by atoms with Gasteiger partial charge in [-0.2, -0.15) is 10.2 Å². The molecule has 26 heavy (non-hydrogen) atoms. The molecule has 0 unspecified atom stereocenters. The lowest BCUT2D eigenvalue weighted by atomic mass is 10.1. The number of hydrogen-bond donors (Lipinski definition) is 2. The van der Waals surface area contributed by atoms with Crippen LogP contribution in [0.5, 0.6) is 0 Å². The van der Waals surface area contributed by atoms with Crippen LogP contribution in [0, 0.1) is 6.92 Å². The van der Waals surface area contributed by atoms with Crippen molar-refractivity contribution in [2.24, 2.45) is 0 Å². The van der Waals surface area contributed by atoms with E-state index in [0.717, 1.165) is 37.6 Å². The molecule has 4 rings (SSSR count). The van der Waals surface area contributed by atoms with Crippen LogP contribution in [0.15, 0.2) is 42.7 Å². The van der Waals surface area contributed by atoms with E-state index in [-0.39, 0.29) is 6.61 Å². The Labute approximate surface area is 152 Å². The summed E-state index contributed by atoms with van der Waals surface area (Å²) < 4.78 is 3.79. The van der Waals surface area contributed by atoms with Gasteiger partial charge in [-0.3, -0.25) is 9.58 Å². The summed E-state index contributed by atoms with van der Waals surface area (Å²) in [5, 5.41) is 27.5. The highest BCUT2D eigenvalue weighted by Crippen LogP contribution is 2.21. The molecule has 0 saturated carbocycles. The molecular formula is C19H23N5O2. The van der Waals surface area contributed by atoms with Crippen LogP contribution in [-0.4, -0.2) is 47.8 Å². The fraction of sp³-hybridized carbons (Fsp3) is 0.368. The number of nitrogens with zero attached hydrogens (tertiary/aromatic N) is 5. The van der Waals surface area contributed by atoms with Crippen molar-refractivity contribution in [3.63, 3.8) is 0 Å². The quantitative estimate of drug-likeness (QED) is 0.725. The zero-order chi connectivity index (χ0) is 18.1. The Morgan fingerprint density at radius 1 is 1.23 bits per heavy atom. The molecule has 0 aliphatic carbocycles. The summed E-state index contributed by atoms with van der Waals surface area (Å²) in [4.78, 5) is 2.38. The SMILES string of the molecule is Cc1cc(-n2cccn2)ccc1CN1CCn2nc([C@H](O)CO)cc2C1. The summed E-state index contributed by atoms with van der Waals surface area (Å²) in [6, 6.07) is 10.2. The summed E-state index contributed by atoms with van der Waals surface area (Å²) in [5.41, 5.74) is 5.22. The monoisotopic (exact) mass is 353 g/mol. The number of aliphatic hydroxyl groups is 2. The molecule has 0 spiro atoms. The smallest absolute Gasteiger partial charge is 0.121 e. The maximum absolute atomic E-state index is 9.77. The molecule has 0 saturated heterocycles. The molecule has 1 aromatic carbocycles. The molecule has 0 amide bonds. The molecular weight excluding hydrogens is 330 g/mol. The molecule has 3 aromatic rings. The topological polar surface area (TPSA) is 79.3 Å². The third-order valence-corrected chi connectivity index (χ3v) is 4.90. The van der Waals surface area contributed by atoms with Crippen molar-refractivity contribution >= 4 is 0 Å². The van der Waals surface area contributed by atoms with Gasteiger partial charge in [-0.25, -0.2) is 4.68 Å². The minimum atomic E-state index is -0.904. The Balaban J connectivity index is 1.47. The minimum Gasteiger partial charge on any atom is -0.393 e. The van der Waals surface area contributed by atoms with E-state index in [1.54, 1.807) is 6.20 Å². The maximum atomic E-state index is 9.77. The van der Waals surface area contributed by atoms with Crippen LogP contribution in [-0.2, 0) is 19.6 Å². The van der Waals surface area contributed by atoms with Crippen molar-refractivity contribution in [2.75, 3.05) is 13.2 Å². The summed E-state index contributed by atoms with van der Waals surface area (Å²) in [6.07, 6.45) is 2.82. The second-order valence-electron chi connectivity index (χ2n) is 6.75. The molecule has 7 nitrogen and oxygen atoms in total. The van der Waals surface area contributed by atoms with Crippen LogP contribution >= 0.6 is 0 Å². The van der Waals surface area contributed by atoms with Crippen molar-refractivity contribution in [2.45, 2.75) is 32.7 Å². The van der Waals surface area contributed by atoms with Gasteiger partial charge in [0.1, 0.15) is 6.10 Å². The second-order valence-corrected chi connectivity index (χ2v) is 6.75. The van der Waals surface area contributed by atoms with Gasteiger partial charge in [0.2, 0.25) is 0 Å². The standard InChI is InChI=1S/C19H23N5O2/c1-14-9-16(23-6-2-5-20-23)4-3-15(14)11-22-7-8-24-17(12-22)10-18(21-24)19(26)13-25/h2-6,9-10,19,25-26H,7-8,11-13H2,1H3/t19-/m1/s1. The first-order chi connectivity index (χ1) is 12.6. The molecule has 1 aliphatic rings.